The predicted octanol–water partition coefficient (Wildman–Crippen LogP) is 3.67. The van der Waals surface area contributed by atoms with E-state index in [-0.39, 0.29) is 17.7 Å². The van der Waals surface area contributed by atoms with E-state index in [0.29, 0.717) is 13.1 Å². The highest BCUT2D eigenvalue weighted by Gasteiger charge is 2.30. The smallest absolute Gasteiger partial charge is 0.246 e. The molecule has 0 radical (unpaired) electrons. The molecule has 0 atom stereocenters. The summed E-state index contributed by atoms with van der Waals surface area (Å²) in [4.78, 5) is 32.0. The lowest BCUT2D eigenvalue weighted by atomic mass is 9.95. The molecule has 2 aliphatic rings. The minimum atomic E-state index is 0.0334. The van der Waals surface area contributed by atoms with E-state index in [4.69, 9.17) is 0 Å². The average Bonchev–Trinajstić information content (AvgIpc) is 3.09. The van der Waals surface area contributed by atoms with Crippen molar-refractivity contribution in [3.8, 4) is 0 Å². The van der Waals surface area contributed by atoms with Gasteiger partial charge in [-0.3, -0.25) is 14.5 Å². The number of benzene rings is 2. The van der Waals surface area contributed by atoms with E-state index in [1.807, 2.05) is 47.4 Å². The van der Waals surface area contributed by atoms with Crippen molar-refractivity contribution in [2.75, 3.05) is 39.3 Å². The molecule has 32 heavy (non-hydrogen) atoms. The van der Waals surface area contributed by atoms with Gasteiger partial charge in [-0.2, -0.15) is 0 Å². The number of rotatable bonds is 5. The topological polar surface area (TPSA) is 43.9 Å². The van der Waals surface area contributed by atoms with Gasteiger partial charge in [-0.15, -0.1) is 0 Å². The van der Waals surface area contributed by atoms with Crippen LogP contribution < -0.4 is 0 Å². The van der Waals surface area contributed by atoms with Crippen LogP contribution in [0.2, 0.25) is 0 Å². The summed E-state index contributed by atoms with van der Waals surface area (Å²) in [6.07, 6.45) is 6.04. The second-order valence-electron chi connectivity index (χ2n) is 8.78. The van der Waals surface area contributed by atoms with Gasteiger partial charge in [0.15, 0.2) is 0 Å². The van der Waals surface area contributed by atoms with Crippen LogP contribution in [-0.4, -0.2) is 65.8 Å². The van der Waals surface area contributed by atoms with Crippen molar-refractivity contribution >= 4 is 17.9 Å². The Morgan fingerprint density at radius 2 is 1.47 bits per heavy atom. The molecule has 2 aliphatic heterocycles. The number of likely N-dealkylation sites (tertiary alicyclic amines) is 1. The van der Waals surface area contributed by atoms with Crippen LogP contribution in [0, 0.1) is 5.92 Å². The molecule has 0 saturated carbocycles. The van der Waals surface area contributed by atoms with Crippen molar-refractivity contribution in [1.29, 1.82) is 0 Å². The third-order valence-electron chi connectivity index (χ3n) is 6.52. The van der Waals surface area contributed by atoms with Crippen molar-refractivity contribution in [2.24, 2.45) is 5.92 Å². The van der Waals surface area contributed by atoms with Crippen molar-refractivity contribution in [3.05, 3.63) is 77.9 Å². The highest BCUT2D eigenvalue weighted by molar-refractivity contribution is 5.92. The maximum Gasteiger partial charge on any atom is 0.246 e. The molecule has 2 amide bonds. The molecule has 0 aliphatic carbocycles. The Kier molecular flexibility index (Phi) is 7.73. The fraction of sp³-hybridized carbons (Fsp3) is 0.407. The fourth-order valence-electron chi connectivity index (χ4n) is 4.63. The van der Waals surface area contributed by atoms with Crippen LogP contribution >= 0.6 is 0 Å². The van der Waals surface area contributed by atoms with Crippen LogP contribution in [0.15, 0.2) is 66.7 Å². The minimum absolute atomic E-state index is 0.0334. The molecule has 2 fully saturated rings. The molecule has 5 heteroatoms. The molecule has 168 valence electrons. The Labute approximate surface area is 191 Å². The lowest BCUT2D eigenvalue weighted by molar-refractivity contribution is -0.139. The number of nitrogens with zero attached hydrogens (tertiary/aromatic N) is 3. The zero-order valence-corrected chi connectivity index (χ0v) is 18.7. The van der Waals surface area contributed by atoms with Crippen molar-refractivity contribution in [1.82, 2.24) is 14.7 Å². The van der Waals surface area contributed by atoms with E-state index in [1.165, 1.54) is 5.56 Å². The van der Waals surface area contributed by atoms with Gasteiger partial charge in [0.25, 0.3) is 0 Å². The van der Waals surface area contributed by atoms with Crippen molar-refractivity contribution < 1.29 is 9.59 Å². The lowest BCUT2D eigenvalue weighted by Gasteiger charge is -2.33. The van der Waals surface area contributed by atoms with Gasteiger partial charge in [0.2, 0.25) is 11.8 Å². The third-order valence-corrected chi connectivity index (χ3v) is 6.52. The summed E-state index contributed by atoms with van der Waals surface area (Å²) in [6, 6.07) is 20.4. The zero-order valence-electron chi connectivity index (χ0n) is 18.7. The summed E-state index contributed by atoms with van der Waals surface area (Å²) in [5, 5.41) is 0. The van der Waals surface area contributed by atoms with Crippen LogP contribution in [0.3, 0.4) is 0 Å². The first-order valence-electron chi connectivity index (χ1n) is 11.8. The SMILES string of the molecule is O=C(/C=C/c1ccccc1)N1CCC(C(=O)N2CCCN(Cc3ccccc3)CC2)CC1. The predicted molar refractivity (Wildman–Crippen MR) is 128 cm³/mol. The summed E-state index contributed by atoms with van der Waals surface area (Å²) in [5.41, 5.74) is 2.35. The molecular formula is C27H33N3O2. The summed E-state index contributed by atoms with van der Waals surface area (Å²) in [5.74, 6) is 0.349. The Bertz CT molecular complexity index is 905. The van der Waals surface area contributed by atoms with Crippen LogP contribution in [0.1, 0.15) is 30.4 Å². The normalized spacial score (nSPS) is 18.6. The first-order chi connectivity index (χ1) is 15.7. The maximum atomic E-state index is 13.1. The summed E-state index contributed by atoms with van der Waals surface area (Å²) < 4.78 is 0. The Balaban J connectivity index is 1.23. The zero-order chi connectivity index (χ0) is 22.2. The Hall–Kier alpha value is -2.92. The molecule has 5 nitrogen and oxygen atoms in total. The quantitative estimate of drug-likeness (QED) is 0.679. The summed E-state index contributed by atoms with van der Waals surface area (Å²) in [6.45, 7) is 5.83. The molecule has 0 N–H and O–H groups in total. The largest absolute Gasteiger partial charge is 0.341 e. The van der Waals surface area contributed by atoms with E-state index in [0.717, 1.165) is 57.5 Å². The van der Waals surface area contributed by atoms with E-state index in [9.17, 15) is 9.59 Å². The highest BCUT2D eigenvalue weighted by atomic mass is 16.2. The number of hydrogen-bond acceptors (Lipinski definition) is 3. The number of amides is 2. The fourth-order valence-corrected chi connectivity index (χ4v) is 4.63. The number of carbonyl (C=O) groups is 2. The van der Waals surface area contributed by atoms with Gasteiger partial charge in [-0.25, -0.2) is 0 Å². The molecule has 0 bridgehead atoms. The Morgan fingerprint density at radius 1 is 0.781 bits per heavy atom. The van der Waals surface area contributed by atoms with E-state index < -0.39 is 0 Å². The number of piperidine rings is 1. The molecule has 2 saturated heterocycles. The van der Waals surface area contributed by atoms with E-state index in [2.05, 4.69) is 34.1 Å². The molecule has 2 heterocycles. The second-order valence-corrected chi connectivity index (χ2v) is 8.78. The lowest BCUT2D eigenvalue weighted by Crippen LogP contribution is -2.45. The van der Waals surface area contributed by atoms with Crippen LogP contribution in [0.4, 0.5) is 0 Å². The molecule has 4 rings (SSSR count). The van der Waals surface area contributed by atoms with Crippen molar-refractivity contribution in [2.45, 2.75) is 25.8 Å². The van der Waals surface area contributed by atoms with Crippen LogP contribution in [0.5, 0.6) is 0 Å². The van der Waals surface area contributed by atoms with Gasteiger partial charge in [-0.1, -0.05) is 60.7 Å². The van der Waals surface area contributed by atoms with Crippen LogP contribution in [-0.2, 0) is 16.1 Å². The van der Waals surface area contributed by atoms with Gasteiger partial charge in [0.1, 0.15) is 0 Å². The van der Waals surface area contributed by atoms with Gasteiger partial charge >= 0.3 is 0 Å². The molecule has 0 spiro atoms. The number of carbonyl (C=O) groups excluding carboxylic acids is 2. The molecule has 0 unspecified atom stereocenters. The summed E-state index contributed by atoms with van der Waals surface area (Å²) in [7, 11) is 0. The highest BCUT2D eigenvalue weighted by Crippen LogP contribution is 2.21. The van der Waals surface area contributed by atoms with Gasteiger partial charge < -0.3 is 9.80 Å². The standard InChI is InChI=1S/C27H33N3O2/c31-26(13-12-23-8-3-1-4-9-23)29-18-14-25(15-19-29)27(32)30-17-7-16-28(20-21-30)22-24-10-5-2-6-11-24/h1-6,8-13,25H,7,14-22H2/b13-12+. The molecule has 2 aromatic carbocycles. The first-order valence-corrected chi connectivity index (χ1v) is 11.8. The van der Waals surface area contributed by atoms with Gasteiger partial charge in [-0.05, 0) is 36.5 Å². The second kappa shape index (κ2) is 11.1. The number of hydrogen-bond donors (Lipinski definition) is 0. The van der Waals surface area contributed by atoms with Gasteiger partial charge in [0.05, 0.1) is 0 Å². The monoisotopic (exact) mass is 431 g/mol. The average molecular weight is 432 g/mol. The molecule has 2 aromatic rings. The van der Waals surface area contributed by atoms with Gasteiger partial charge in [0, 0.05) is 57.8 Å². The van der Waals surface area contributed by atoms with E-state index >= 15 is 0 Å². The summed E-state index contributed by atoms with van der Waals surface area (Å²) >= 11 is 0. The van der Waals surface area contributed by atoms with E-state index in [1.54, 1.807) is 6.08 Å². The van der Waals surface area contributed by atoms with Crippen molar-refractivity contribution in [3.63, 3.8) is 0 Å². The Morgan fingerprint density at radius 3 is 2.19 bits per heavy atom. The maximum absolute atomic E-state index is 13.1. The first kappa shape index (κ1) is 22.3. The van der Waals surface area contributed by atoms with Crippen LogP contribution in [0.25, 0.3) is 6.08 Å². The molecule has 0 aromatic heterocycles. The minimum Gasteiger partial charge on any atom is -0.341 e. The third kappa shape index (κ3) is 6.07. The molecular weight excluding hydrogens is 398 g/mol.